The Morgan fingerprint density at radius 3 is 1.62 bits per heavy atom. The number of ether oxygens (including phenoxy) is 2. The average Bonchev–Trinajstić information content (AvgIpc) is 3.46. The summed E-state index contributed by atoms with van der Waals surface area (Å²) in [5.41, 5.74) is 10.1. The molecule has 0 fully saturated rings. The second-order valence-electron chi connectivity index (χ2n) is 12.4. The molecule has 50 heavy (non-hydrogen) atoms. The summed E-state index contributed by atoms with van der Waals surface area (Å²) in [7, 11) is 0. The summed E-state index contributed by atoms with van der Waals surface area (Å²) in [5.74, 6) is 2.69. The highest BCUT2D eigenvalue weighted by molar-refractivity contribution is 8.27. The van der Waals surface area contributed by atoms with Gasteiger partial charge in [-0.15, -0.1) is 0 Å². The molecule has 0 radical (unpaired) electrons. The molecule has 1 aliphatic carbocycles. The molecular formula is C45H30N2O2S. The zero-order chi connectivity index (χ0) is 33.7. The lowest BCUT2D eigenvalue weighted by molar-refractivity contribution is 0.359. The van der Waals surface area contributed by atoms with Gasteiger partial charge in [0.05, 0.1) is 5.41 Å². The molecule has 1 aliphatic heterocycles. The van der Waals surface area contributed by atoms with E-state index in [1.54, 1.807) is 0 Å². The van der Waals surface area contributed by atoms with Crippen molar-refractivity contribution < 1.29 is 9.47 Å². The third-order valence-electron chi connectivity index (χ3n) is 9.63. The van der Waals surface area contributed by atoms with Crippen molar-refractivity contribution in [3.05, 3.63) is 203 Å². The number of thioether (sulfide) groups is 1. The second kappa shape index (κ2) is 12.1. The molecule has 0 aromatic heterocycles. The molecule has 0 saturated heterocycles. The molecular weight excluding hydrogens is 633 g/mol. The number of hydrogen-bond donors (Lipinski definition) is 2. The lowest BCUT2D eigenvalue weighted by Gasteiger charge is -2.34. The van der Waals surface area contributed by atoms with Crippen molar-refractivity contribution in [3.8, 4) is 45.3 Å². The van der Waals surface area contributed by atoms with Gasteiger partial charge in [-0.05, 0) is 68.8 Å². The monoisotopic (exact) mass is 662 g/mol. The van der Waals surface area contributed by atoms with Crippen LogP contribution >= 0.6 is 11.8 Å². The molecule has 0 unspecified atom stereocenters. The van der Waals surface area contributed by atoms with E-state index >= 15 is 0 Å². The summed E-state index contributed by atoms with van der Waals surface area (Å²) in [6.07, 6.45) is 0. The van der Waals surface area contributed by atoms with Crippen molar-refractivity contribution in [1.82, 2.24) is 0 Å². The van der Waals surface area contributed by atoms with Crippen molar-refractivity contribution in [1.29, 1.82) is 10.8 Å². The lowest BCUT2D eigenvalue weighted by Crippen LogP contribution is -2.28. The van der Waals surface area contributed by atoms with Crippen LogP contribution in [0.1, 0.15) is 33.4 Å². The molecule has 0 bridgehead atoms. The van der Waals surface area contributed by atoms with Crippen LogP contribution in [0.4, 0.5) is 0 Å². The normalized spacial score (nSPS) is 13.1. The van der Waals surface area contributed by atoms with Gasteiger partial charge in [-0.3, -0.25) is 10.8 Å². The van der Waals surface area contributed by atoms with Gasteiger partial charge in [-0.25, -0.2) is 0 Å². The van der Waals surface area contributed by atoms with E-state index in [1.165, 1.54) is 22.3 Å². The first kappa shape index (κ1) is 29.9. The van der Waals surface area contributed by atoms with E-state index in [1.807, 2.05) is 72.8 Å². The summed E-state index contributed by atoms with van der Waals surface area (Å²) in [4.78, 5) is 0. The Hall–Kier alpha value is -6.17. The van der Waals surface area contributed by atoms with Gasteiger partial charge < -0.3 is 9.47 Å². The van der Waals surface area contributed by atoms with Gasteiger partial charge in [0.1, 0.15) is 10.1 Å². The summed E-state index contributed by atoms with van der Waals surface area (Å²) < 4.78 is 13.2. The largest absolute Gasteiger partial charge is 0.449 e. The van der Waals surface area contributed by atoms with Crippen molar-refractivity contribution in [3.63, 3.8) is 0 Å². The molecule has 4 nitrogen and oxygen atoms in total. The van der Waals surface area contributed by atoms with E-state index in [9.17, 15) is 0 Å². The number of nitrogens with one attached hydrogen (secondary N) is 2. The van der Waals surface area contributed by atoms with E-state index in [4.69, 9.17) is 20.3 Å². The molecule has 7 aromatic carbocycles. The van der Waals surface area contributed by atoms with Gasteiger partial charge in [0.25, 0.3) is 0 Å². The first-order valence-corrected chi connectivity index (χ1v) is 17.3. The van der Waals surface area contributed by atoms with Crippen molar-refractivity contribution in [2.45, 2.75) is 5.41 Å². The highest BCUT2D eigenvalue weighted by atomic mass is 32.2. The lowest BCUT2D eigenvalue weighted by atomic mass is 9.67. The van der Waals surface area contributed by atoms with Crippen LogP contribution in [0.3, 0.4) is 0 Å². The molecule has 0 saturated carbocycles. The van der Waals surface area contributed by atoms with E-state index in [0.717, 1.165) is 45.1 Å². The molecule has 238 valence electrons. The first-order chi connectivity index (χ1) is 24.6. The quantitative estimate of drug-likeness (QED) is 0.142. The molecule has 5 heteroatoms. The van der Waals surface area contributed by atoms with Crippen LogP contribution in [0.5, 0.6) is 23.0 Å². The minimum atomic E-state index is -0.525. The fraction of sp³-hybridized carbons (Fsp3) is 0.0222. The van der Waals surface area contributed by atoms with E-state index < -0.39 is 5.41 Å². The molecule has 0 atom stereocenters. The fourth-order valence-corrected chi connectivity index (χ4v) is 8.03. The number of hydrogen-bond acceptors (Lipinski definition) is 5. The minimum absolute atomic E-state index is 0.334. The number of rotatable bonds is 5. The van der Waals surface area contributed by atoms with E-state index in [2.05, 4.69) is 97.1 Å². The van der Waals surface area contributed by atoms with Gasteiger partial charge in [-0.1, -0.05) is 157 Å². The van der Waals surface area contributed by atoms with Crippen LogP contribution in [-0.2, 0) is 5.41 Å². The summed E-state index contributed by atoms with van der Waals surface area (Å²) >= 11 is 1.15. The Morgan fingerprint density at radius 2 is 0.940 bits per heavy atom. The van der Waals surface area contributed by atoms with E-state index in [0.29, 0.717) is 33.1 Å². The van der Waals surface area contributed by atoms with Gasteiger partial charge in [0.2, 0.25) is 0 Å². The van der Waals surface area contributed by atoms with Crippen LogP contribution in [0.25, 0.3) is 22.3 Å². The predicted molar refractivity (Wildman–Crippen MR) is 203 cm³/mol. The minimum Gasteiger partial charge on any atom is -0.449 e. The smallest absolute Gasteiger partial charge is 0.170 e. The third kappa shape index (κ3) is 4.86. The topological polar surface area (TPSA) is 66.2 Å². The van der Waals surface area contributed by atoms with Crippen LogP contribution in [0, 0.1) is 10.8 Å². The summed E-state index contributed by atoms with van der Waals surface area (Å²) in [6, 6.07) is 57.8. The Balaban J connectivity index is 1.06. The third-order valence-corrected chi connectivity index (χ3v) is 10.5. The summed E-state index contributed by atoms with van der Waals surface area (Å²) in [5, 5.41) is 17.7. The highest BCUT2D eigenvalue weighted by Gasteiger charge is 2.47. The number of benzene rings is 7. The zero-order valence-corrected chi connectivity index (χ0v) is 27.7. The van der Waals surface area contributed by atoms with Crippen LogP contribution in [-0.4, -0.2) is 10.1 Å². The van der Waals surface area contributed by atoms with Gasteiger partial charge in [0, 0.05) is 11.1 Å². The Labute approximate surface area is 295 Å². The molecule has 1 heterocycles. The molecule has 7 aromatic rings. The van der Waals surface area contributed by atoms with Gasteiger partial charge in [-0.2, -0.15) is 0 Å². The predicted octanol–water partition coefficient (Wildman–Crippen LogP) is 11.7. The average molecular weight is 663 g/mol. The first-order valence-electron chi connectivity index (χ1n) is 16.5. The molecule has 2 aliphatic rings. The van der Waals surface area contributed by atoms with Crippen molar-refractivity contribution in [2.75, 3.05) is 0 Å². The second-order valence-corrected chi connectivity index (χ2v) is 13.5. The molecule has 9 rings (SSSR count). The maximum atomic E-state index is 8.60. The maximum absolute atomic E-state index is 8.60. The standard InChI is InChI=1S/C45H30N2O2S/c46-43(30-12-4-1-5-13-30)50-44(47)31-22-20-29(21-23-31)32-24-25-39-40(26-32)49-42-28-38-36(27-41(42)48-39)35-18-10-11-19-37(35)45(38,33-14-6-2-7-15-33)34-16-8-3-9-17-34/h1-28,46-47H. The summed E-state index contributed by atoms with van der Waals surface area (Å²) in [6.45, 7) is 0. The Bertz CT molecular complexity index is 2390. The Morgan fingerprint density at radius 1 is 0.420 bits per heavy atom. The van der Waals surface area contributed by atoms with Crippen LogP contribution < -0.4 is 9.47 Å². The van der Waals surface area contributed by atoms with Crippen LogP contribution in [0.2, 0.25) is 0 Å². The van der Waals surface area contributed by atoms with Gasteiger partial charge in [0.15, 0.2) is 23.0 Å². The molecule has 0 amide bonds. The van der Waals surface area contributed by atoms with Gasteiger partial charge >= 0.3 is 0 Å². The zero-order valence-electron chi connectivity index (χ0n) is 26.9. The maximum Gasteiger partial charge on any atom is 0.170 e. The SMILES string of the molecule is N=C(SC(=N)c1ccc(-c2ccc3c(c2)Oc2cc4c(cc2O3)-c2ccccc2C4(c2ccccc2)c2ccccc2)cc1)c1ccccc1. The Kier molecular flexibility index (Phi) is 7.22. The highest BCUT2D eigenvalue weighted by Crippen LogP contribution is 2.59. The molecule has 0 spiro atoms. The molecule has 2 N–H and O–H groups in total. The number of fused-ring (bicyclic) bond motifs is 5. The fourth-order valence-electron chi connectivity index (χ4n) is 7.32. The van der Waals surface area contributed by atoms with Crippen LogP contribution in [0.15, 0.2) is 170 Å². The van der Waals surface area contributed by atoms with E-state index in [-0.39, 0.29) is 0 Å². The van der Waals surface area contributed by atoms with Crippen molar-refractivity contribution in [2.24, 2.45) is 0 Å². The van der Waals surface area contributed by atoms with Crippen molar-refractivity contribution >= 4 is 21.8 Å².